The van der Waals surface area contributed by atoms with Crippen LogP contribution in [-0.2, 0) is 0 Å². The van der Waals surface area contributed by atoms with Gasteiger partial charge in [0.2, 0.25) is 0 Å². The number of nitrogen functional groups attached to an aromatic ring is 1. The van der Waals surface area contributed by atoms with Gasteiger partial charge in [-0.15, -0.1) is 0 Å². The molecule has 0 aliphatic heterocycles. The number of aromatic amines is 1. The van der Waals surface area contributed by atoms with Crippen molar-refractivity contribution in [3.63, 3.8) is 0 Å². The fourth-order valence-corrected chi connectivity index (χ4v) is 2.14. The molecule has 20 heavy (non-hydrogen) atoms. The van der Waals surface area contributed by atoms with Crippen molar-refractivity contribution < 1.29 is 9.21 Å². The summed E-state index contributed by atoms with van der Waals surface area (Å²) in [4.78, 5) is 26.1. The van der Waals surface area contributed by atoms with Gasteiger partial charge in [0.05, 0.1) is 5.52 Å². The van der Waals surface area contributed by atoms with Gasteiger partial charge < -0.3 is 10.2 Å². The number of aromatic nitrogens is 1. The Bertz CT molecular complexity index is 874. The van der Waals surface area contributed by atoms with Gasteiger partial charge in [0.1, 0.15) is 0 Å². The summed E-state index contributed by atoms with van der Waals surface area (Å²) in [7, 11) is 0. The average Bonchev–Trinajstić information content (AvgIpc) is 2.80. The van der Waals surface area contributed by atoms with Gasteiger partial charge in [-0.05, 0) is 36.8 Å². The number of nitrogens with one attached hydrogen (secondary N) is 1. The topological polar surface area (TPSA) is 89.1 Å². The van der Waals surface area contributed by atoms with Crippen molar-refractivity contribution in [2.24, 2.45) is 0 Å². The largest absolute Gasteiger partial charge is 0.417 e. The molecule has 0 fully saturated rings. The molecule has 0 saturated heterocycles. The van der Waals surface area contributed by atoms with E-state index >= 15 is 0 Å². The van der Waals surface area contributed by atoms with E-state index < -0.39 is 5.76 Å². The molecule has 0 atom stereocenters. The number of rotatable bonds is 2. The number of hydrogen-bond acceptors (Lipinski definition) is 4. The third-order valence-electron chi connectivity index (χ3n) is 3.30. The van der Waals surface area contributed by atoms with Crippen LogP contribution in [0.5, 0.6) is 0 Å². The van der Waals surface area contributed by atoms with Crippen LogP contribution >= 0.6 is 0 Å². The molecular weight excluding hydrogens is 256 g/mol. The molecule has 0 aliphatic rings. The predicted molar refractivity (Wildman–Crippen MR) is 75.9 cm³/mol. The molecular formula is C15H12N2O3. The average molecular weight is 268 g/mol. The van der Waals surface area contributed by atoms with Crippen LogP contribution in [0.4, 0.5) is 5.69 Å². The Kier molecular flexibility index (Phi) is 2.68. The van der Waals surface area contributed by atoms with Gasteiger partial charge in [-0.2, -0.15) is 0 Å². The number of H-pyrrole nitrogens is 1. The highest BCUT2D eigenvalue weighted by Crippen LogP contribution is 2.21. The van der Waals surface area contributed by atoms with Crippen molar-refractivity contribution in [1.29, 1.82) is 0 Å². The van der Waals surface area contributed by atoms with Crippen molar-refractivity contribution >= 4 is 22.6 Å². The second-order valence-corrected chi connectivity index (χ2v) is 4.57. The fourth-order valence-electron chi connectivity index (χ4n) is 2.14. The quantitative estimate of drug-likeness (QED) is 0.551. The van der Waals surface area contributed by atoms with E-state index in [4.69, 9.17) is 10.2 Å². The zero-order chi connectivity index (χ0) is 14.3. The van der Waals surface area contributed by atoms with Gasteiger partial charge in [-0.1, -0.05) is 12.1 Å². The van der Waals surface area contributed by atoms with Crippen LogP contribution in [0.3, 0.4) is 0 Å². The number of fused-ring (bicyclic) bond motifs is 1. The summed E-state index contributed by atoms with van der Waals surface area (Å²) in [5.74, 6) is -0.690. The number of benzene rings is 2. The van der Waals surface area contributed by atoms with Gasteiger partial charge in [0.25, 0.3) is 0 Å². The maximum Gasteiger partial charge on any atom is 0.417 e. The molecule has 5 nitrogen and oxygen atoms in total. The number of ketones is 1. The van der Waals surface area contributed by atoms with Gasteiger partial charge in [-0.3, -0.25) is 9.78 Å². The highest BCUT2D eigenvalue weighted by molar-refractivity contribution is 6.11. The molecule has 5 heteroatoms. The number of carbonyl (C=O) groups excluding carboxylic acids is 1. The summed E-state index contributed by atoms with van der Waals surface area (Å²) >= 11 is 0. The van der Waals surface area contributed by atoms with E-state index in [1.165, 1.54) is 0 Å². The molecule has 0 amide bonds. The Balaban J connectivity index is 2.12. The first-order valence-electron chi connectivity index (χ1n) is 6.09. The van der Waals surface area contributed by atoms with Crippen molar-refractivity contribution in [3.8, 4) is 0 Å². The van der Waals surface area contributed by atoms with Gasteiger partial charge >= 0.3 is 5.76 Å². The van der Waals surface area contributed by atoms with E-state index in [-0.39, 0.29) is 5.78 Å². The molecule has 0 bridgehead atoms. The molecule has 1 aromatic heterocycles. The van der Waals surface area contributed by atoms with E-state index in [0.29, 0.717) is 27.9 Å². The Morgan fingerprint density at radius 1 is 1.25 bits per heavy atom. The summed E-state index contributed by atoms with van der Waals surface area (Å²) in [6.45, 7) is 1.80. The number of oxazole rings is 1. The predicted octanol–water partition coefficient (Wildman–Crippen LogP) is 2.24. The lowest BCUT2D eigenvalue weighted by atomic mass is 9.98. The number of nitrogens with two attached hydrogens (primary N) is 1. The summed E-state index contributed by atoms with van der Waals surface area (Å²) in [6, 6.07) is 10.1. The Morgan fingerprint density at radius 2 is 2.05 bits per heavy atom. The third-order valence-corrected chi connectivity index (χ3v) is 3.30. The first-order chi connectivity index (χ1) is 9.56. The zero-order valence-electron chi connectivity index (χ0n) is 10.8. The molecule has 2 aromatic carbocycles. The smallest absolute Gasteiger partial charge is 0.408 e. The van der Waals surface area contributed by atoms with Crippen LogP contribution in [0.15, 0.2) is 45.6 Å². The summed E-state index contributed by atoms with van der Waals surface area (Å²) < 4.78 is 4.96. The molecule has 0 spiro atoms. The normalized spacial score (nSPS) is 10.8. The maximum atomic E-state index is 12.5. The second kappa shape index (κ2) is 4.38. The van der Waals surface area contributed by atoms with Crippen molar-refractivity contribution in [3.05, 3.63) is 63.6 Å². The van der Waals surface area contributed by atoms with Gasteiger partial charge in [-0.25, -0.2) is 4.79 Å². The maximum absolute atomic E-state index is 12.5. The van der Waals surface area contributed by atoms with Crippen LogP contribution in [0.2, 0.25) is 0 Å². The monoisotopic (exact) mass is 268 g/mol. The molecule has 3 aromatic rings. The summed E-state index contributed by atoms with van der Waals surface area (Å²) in [6.07, 6.45) is 0. The van der Waals surface area contributed by atoms with E-state index in [9.17, 15) is 9.59 Å². The third kappa shape index (κ3) is 1.89. The molecule has 1 heterocycles. The Morgan fingerprint density at radius 3 is 2.85 bits per heavy atom. The molecule has 100 valence electrons. The first kappa shape index (κ1) is 12.2. The molecule has 3 rings (SSSR count). The van der Waals surface area contributed by atoms with Crippen LogP contribution in [0.25, 0.3) is 11.1 Å². The van der Waals surface area contributed by atoms with Crippen LogP contribution < -0.4 is 11.5 Å². The van der Waals surface area contributed by atoms with Gasteiger partial charge in [0.15, 0.2) is 11.4 Å². The SMILES string of the molecule is Cc1c(N)cccc1C(=O)c1ccc2[nH]c(=O)oc2c1. The highest BCUT2D eigenvalue weighted by Gasteiger charge is 2.14. The molecule has 0 radical (unpaired) electrons. The molecule has 3 N–H and O–H groups in total. The fraction of sp³-hybridized carbons (Fsp3) is 0.0667. The number of anilines is 1. The number of hydrogen-bond donors (Lipinski definition) is 2. The van der Waals surface area contributed by atoms with E-state index in [0.717, 1.165) is 5.56 Å². The summed E-state index contributed by atoms with van der Waals surface area (Å²) in [5, 5.41) is 0. The van der Waals surface area contributed by atoms with Crippen molar-refractivity contribution in [2.75, 3.05) is 5.73 Å². The Labute approximate surface area is 114 Å². The van der Waals surface area contributed by atoms with Gasteiger partial charge in [0, 0.05) is 16.8 Å². The lowest BCUT2D eigenvalue weighted by Gasteiger charge is -2.07. The summed E-state index contributed by atoms with van der Waals surface area (Å²) in [5.41, 5.74) is 9.06. The molecule has 0 unspecified atom stereocenters. The highest BCUT2D eigenvalue weighted by atomic mass is 16.4. The lowest BCUT2D eigenvalue weighted by Crippen LogP contribution is -2.05. The minimum Gasteiger partial charge on any atom is -0.408 e. The zero-order valence-corrected chi connectivity index (χ0v) is 10.8. The molecule has 0 aliphatic carbocycles. The minimum atomic E-state index is -0.537. The first-order valence-corrected chi connectivity index (χ1v) is 6.09. The number of carbonyl (C=O) groups is 1. The second-order valence-electron chi connectivity index (χ2n) is 4.57. The van der Waals surface area contributed by atoms with Crippen LogP contribution in [0, 0.1) is 6.92 Å². The van der Waals surface area contributed by atoms with E-state index in [2.05, 4.69) is 4.98 Å². The van der Waals surface area contributed by atoms with Crippen LogP contribution in [0.1, 0.15) is 21.5 Å². The van der Waals surface area contributed by atoms with E-state index in [1.807, 2.05) is 0 Å². The van der Waals surface area contributed by atoms with E-state index in [1.54, 1.807) is 43.3 Å². The molecule has 0 saturated carbocycles. The van der Waals surface area contributed by atoms with Crippen molar-refractivity contribution in [1.82, 2.24) is 4.98 Å². The standard InChI is InChI=1S/C15H12N2O3/c1-8-10(3-2-4-11(8)16)14(18)9-5-6-12-13(7-9)20-15(19)17-12/h2-7H,16H2,1H3,(H,17,19). The minimum absolute atomic E-state index is 0.152. The Hall–Kier alpha value is -2.82. The lowest BCUT2D eigenvalue weighted by molar-refractivity contribution is 0.103. The van der Waals surface area contributed by atoms with Crippen molar-refractivity contribution in [2.45, 2.75) is 6.92 Å². The van der Waals surface area contributed by atoms with Crippen LogP contribution in [-0.4, -0.2) is 10.8 Å².